The third-order valence-electron chi connectivity index (χ3n) is 2.63. The van der Waals surface area contributed by atoms with Crippen LogP contribution in [0.4, 0.5) is 0 Å². The minimum absolute atomic E-state index is 0.238. The molecule has 0 N–H and O–H groups in total. The van der Waals surface area contributed by atoms with E-state index in [1.165, 1.54) is 12.4 Å². The first kappa shape index (κ1) is 13.2. The Kier molecular flexibility index (Phi) is 4.61. The van der Waals surface area contributed by atoms with Gasteiger partial charge in [0.05, 0.1) is 12.4 Å². The lowest BCUT2D eigenvalue weighted by Crippen LogP contribution is -2.07. The zero-order valence-electron chi connectivity index (χ0n) is 10.9. The molecule has 2 aromatic rings. The molecule has 1 aromatic heterocycles. The van der Waals surface area contributed by atoms with Gasteiger partial charge in [-0.25, -0.2) is 9.97 Å². The second-order valence-corrected chi connectivity index (χ2v) is 4.19. The lowest BCUT2D eigenvalue weighted by Gasteiger charge is -2.04. The topological polar surface area (TPSA) is 52.1 Å². The Labute approximate surface area is 112 Å². The van der Waals surface area contributed by atoms with Gasteiger partial charge in [-0.3, -0.25) is 4.79 Å². The molecule has 0 aliphatic carbocycles. The highest BCUT2D eigenvalue weighted by Crippen LogP contribution is 2.16. The Morgan fingerprint density at radius 3 is 2.47 bits per heavy atom. The van der Waals surface area contributed by atoms with Crippen LogP contribution in [0.25, 0.3) is 11.4 Å². The summed E-state index contributed by atoms with van der Waals surface area (Å²) in [4.78, 5) is 19.8. The molecule has 0 saturated carbocycles. The average molecular weight is 256 g/mol. The predicted molar refractivity (Wildman–Crippen MR) is 72.6 cm³/mol. The van der Waals surface area contributed by atoms with E-state index in [1.54, 1.807) is 0 Å². The van der Waals surface area contributed by atoms with Gasteiger partial charge in [0.1, 0.15) is 0 Å². The van der Waals surface area contributed by atoms with Crippen molar-refractivity contribution < 1.29 is 9.53 Å². The molecule has 0 unspecified atom stereocenters. The molecule has 0 aliphatic rings. The normalized spacial score (nSPS) is 10.2. The molecule has 0 bridgehead atoms. The molecule has 19 heavy (non-hydrogen) atoms. The number of ether oxygens (including phenoxy) is 1. The maximum atomic E-state index is 11.4. The predicted octanol–water partition coefficient (Wildman–Crippen LogP) is 3.24. The number of benzene rings is 1. The van der Waals surface area contributed by atoms with Crippen LogP contribution in [-0.4, -0.2) is 15.9 Å². The first-order chi connectivity index (χ1) is 9.29. The Morgan fingerprint density at radius 1 is 1.16 bits per heavy atom. The van der Waals surface area contributed by atoms with Gasteiger partial charge in [-0.2, -0.15) is 0 Å². The third kappa shape index (κ3) is 3.88. The maximum absolute atomic E-state index is 11.4. The summed E-state index contributed by atoms with van der Waals surface area (Å²) >= 11 is 0. The van der Waals surface area contributed by atoms with Crippen LogP contribution in [0.2, 0.25) is 0 Å². The molecule has 98 valence electrons. The van der Waals surface area contributed by atoms with Crippen molar-refractivity contribution in [3.63, 3.8) is 0 Å². The monoisotopic (exact) mass is 256 g/mol. The molecule has 2 rings (SSSR count). The van der Waals surface area contributed by atoms with E-state index >= 15 is 0 Å². The van der Waals surface area contributed by atoms with Crippen LogP contribution in [0.5, 0.6) is 5.75 Å². The zero-order chi connectivity index (χ0) is 13.5. The summed E-state index contributed by atoms with van der Waals surface area (Å²) in [6.07, 6.45) is 5.29. The average Bonchev–Trinajstić information content (AvgIpc) is 2.47. The van der Waals surface area contributed by atoms with E-state index < -0.39 is 0 Å². The molecule has 0 spiro atoms. The molecular formula is C15H16N2O2. The van der Waals surface area contributed by atoms with Crippen molar-refractivity contribution in [3.8, 4) is 17.1 Å². The number of esters is 1. The summed E-state index contributed by atoms with van der Waals surface area (Å²) in [6.45, 7) is 2.03. The fourth-order valence-corrected chi connectivity index (χ4v) is 1.61. The summed E-state index contributed by atoms with van der Waals surface area (Å²) < 4.78 is 5.14. The van der Waals surface area contributed by atoms with Crippen LogP contribution in [0, 0.1) is 0 Å². The molecule has 1 heterocycles. The Hall–Kier alpha value is -2.23. The SMILES string of the molecule is CCCCC(=O)Oc1cnc(-c2ccccc2)nc1. The number of aromatic nitrogens is 2. The molecule has 0 saturated heterocycles. The largest absolute Gasteiger partial charge is 0.423 e. The fraction of sp³-hybridized carbons (Fsp3) is 0.267. The van der Waals surface area contributed by atoms with Crippen LogP contribution < -0.4 is 4.74 Å². The van der Waals surface area contributed by atoms with Gasteiger partial charge in [0.2, 0.25) is 0 Å². The van der Waals surface area contributed by atoms with Crippen LogP contribution in [0.3, 0.4) is 0 Å². The maximum Gasteiger partial charge on any atom is 0.311 e. The van der Waals surface area contributed by atoms with Crippen molar-refractivity contribution in [1.29, 1.82) is 0 Å². The van der Waals surface area contributed by atoms with Crippen molar-refractivity contribution in [2.75, 3.05) is 0 Å². The lowest BCUT2D eigenvalue weighted by atomic mass is 10.2. The molecule has 4 nitrogen and oxygen atoms in total. The first-order valence-corrected chi connectivity index (χ1v) is 6.37. The quantitative estimate of drug-likeness (QED) is 0.771. The zero-order valence-corrected chi connectivity index (χ0v) is 10.9. The van der Waals surface area contributed by atoms with Gasteiger partial charge in [-0.05, 0) is 6.42 Å². The van der Waals surface area contributed by atoms with E-state index in [1.807, 2.05) is 37.3 Å². The Balaban J connectivity index is 2.01. The number of hydrogen-bond donors (Lipinski definition) is 0. The van der Waals surface area contributed by atoms with Gasteiger partial charge in [-0.1, -0.05) is 43.7 Å². The smallest absolute Gasteiger partial charge is 0.311 e. The van der Waals surface area contributed by atoms with Crippen LogP contribution >= 0.6 is 0 Å². The minimum atomic E-state index is -0.238. The van der Waals surface area contributed by atoms with Crippen molar-refractivity contribution in [1.82, 2.24) is 9.97 Å². The van der Waals surface area contributed by atoms with Crippen LogP contribution in [0.1, 0.15) is 26.2 Å². The molecule has 0 atom stereocenters. The van der Waals surface area contributed by atoms with Crippen molar-refractivity contribution >= 4 is 5.97 Å². The number of nitrogens with zero attached hydrogens (tertiary/aromatic N) is 2. The summed E-state index contributed by atoms with van der Waals surface area (Å²) in [5.41, 5.74) is 0.936. The Morgan fingerprint density at radius 2 is 1.84 bits per heavy atom. The van der Waals surface area contributed by atoms with E-state index in [2.05, 4.69) is 9.97 Å². The molecule has 4 heteroatoms. The van der Waals surface area contributed by atoms with Crippen molar-refractivity contribution in [3.05, 3.63) is 42.7 Å². The fourth-order valence-electron chi connectivity index (χ4n) is 1.61. The summed E-state index contributed by atoms with van der Waals surface area (Å²) in [6, 6.07) is 9.66. The van der Waals surface area contributed by atoms with Gasteiger partial charge in [0, 0.05) is 12.0 Å². The highest BCUT2D eigenvalue weighted by molar-refractivity contribution is 5.72. The van der Waals surface area contributed by atoms with Gasteiger partial charge in [-0.15, -0.1) is 0 Å². The highest BCUT2D eigenvalue weighted by atomic mass is 16.5. The van der Waals surface area contributed by atoms with Crippen molar-refractivity contribution in [2.45, 2.75) is 26.2 Å². The Bertz CT molecular complexity index is 524. The molecule has 0 radical (unpaired) electrons. The van der Waals surface area contributed by atoms with E-state index in [9.17, 15) is 4.79 Å². The number of unbranched alkanes of at least 4 members (excludes halogenated alkanes) is 1. The van der Waals surface area contributed by atoms with E-state index in [0.29, 0.717) is 18.0 Å². The minimum Gasteiger partial charge on any atom is -0.423 e. The second kappa shape index (κ2) is 6.64. The number of carbonyl (C=O) groups is 1. The molecule has 1 aromatic carbocycles. The lowest BCUT2D eigenvalue weighted by molar-refractivity contribution is -0.134. The number of rotatable bonds is 5. The summed E-state index contributed by atoms with van der Waals surface area (Å²) in [7, 11) is 0. The van der Waals surface area contributed by atoms with E-state index in [0.717, 1.165) is 18.4 Å². The number of carbonyl (C=O) groups excluding carboxylic acids is 1. The molecule has 0 fully saturated rings. The van der Waals surface area contributed by atoms with Gasteiger partial charge in [0.25, 0.3) is 0 Å². The standard InChI is InChI=1S/C15H16N2O2/c1-2-3-9-14(18)19-13-10-16-15(17-11-13)12-7-5-4-6-8-12/h4-8,10-11H,2-3,9H2,1H3. The van der Waals surface area contributed by atoms with Gasteiger partial charge < -0.3 is 4.74 Å². The summed E-state index contributed by atoms with van der Waals surface area (Å²) in [5.74, 6) is 0.771. The third-order valence-corrected chi connectivity index (χ3v) is 2.63. The van der Waals surface area contributed by atoms with Gasteiger partial charge in [0.15, 0.2) is 11.6 Å². The summed E-state index contributed by atoms with van der Waals surface area (Å²) in [5, 5.41) is 0. The molecule has 0 aliphatic heterocycles. The van der Waals surface area contributed by atoms with Crippen LogP contribution in [0.15, 0.2) is 42.7 Å². The van der Waals surface area contributed by atoms with Crippen molar-refractivity contribution in [2.24, 2.45) is 0 Å². The highest BCUT2D eigenvalue weighted by Gasteiger charge is 2.06. The molecule has 0 amide bonds. The van der Waals surface area contributed by atoms with Crippen LogP contribution in [-0.2, 0) is 4.79 Å². The number of hydrogen-bond acceptors (Lipinski definition) is 4. The van der Waals surface area contributed by atoms with Gasteiger partial charge >= 0.3 is 5.97 Å². The second-order valence-electron chi connectivity index (χ2n) is 4.19. The first-order valence-electron chi connectivity index (χ1n) is 6.37. The van der Waals surface area contributed by atoms with E-state index in [4.69, 9.17) is 4.74 Å². The molecular weight excluding hydrogens is 240 g/mol. The van der Waals surface area contributed by atoms with E-state index in [-0.39, 0.29) is 5.97 Å².